The Labute approximate surface area is 53.3 Å². The third-order valence-electron chi connectivity index (χ3n) is 1.20. The topological polar surface area (TPSA) is 0 Å². The SMILES string of the molecule is [CH2]CCCCC([CH2])C. The number of unbranched alkanes of at least 4 members (excludes halogenated alkanes) is 2. The first-order valence-electron chi connectivity index (χ1n) is 3.39. The molecule has 0 aromatic rings. The third-order valence-corrected chi connectivity index (χ3v) is 1.20. The standard InChI is InChI=1S/C8H16/c1-4-5-6-7-8(2)3/h8H,1-2,4-7H2,3H3. The van der Waals surface area contributed by atoms with E-state index in [0.29, 0.717) is 5.92 Å². The van der Waals surface area contributed by atoms with Crippen molar-refractivity contribution in [3.8, 4) is 0 Å². The molecular weight excluding hydrogens is 96.1 g/mol. The first-order chi connectivity index (χ1) is 3.77. The summed E-state index contributed by atoms with van der Waals surface area (Å²) in [5.41, 5.74) is 0. The summed E-state index contributed by atoms with van der Waals surface area (Å²) >= 11 is 0. The molecule has 0 aliphatic heterocycles. The van der Waals surface area contributed by atoms with Crippen LogP contribution in [-0.4, -0.2) is 0 Å². The normalized spacial score (nSPS) is 10.5. The van der Waals surface area contributed by atoms with Gasteiger partial charge in [0.2, 0.25) is 0 Å². The summed E-state index contributed by atoms with van der Waals surface area (Å²) in [5.74, 6) is 0.626. The molecule has 0 aliphatic carbocycles. The summed E-state index contributed by atoms with van der Waals surface area (Å²) in [7, 11) is 0. The lowest BCUT2D eigenvalue weighted by Crippen LogP contribution is -1.85. The van der Waals surface area contributed by atoms with Crippen LogP contribution in [-0.2, 0) is 0 Å². The average molecular weight is 112 g/mol. The zero-order valence-electron chi connectivity index (χ0n) is 5.82. The van der Waals surface area contributed by atoms with Crippen LogP contribution in [0.1, 0.15) is 32.6 Å². The van der Waals surface area contributed by atoms with Gasteiger partial charge in [0, 0.05) is 0 Å². The Bertz CT molecular complexity index is 37.3. The Balaban J connectivity index is 2.72. The van der Waals surface area contributed by atoms with Crippen LogP contribution in [0.2, 0.25) is 0 Å². The quantitative estimate of drug-likeness (QED) is 0.490. The number of hydrogen-bond donors (Lipinski definition) is 0. The second kappa shape index (κ2) is 5.14. The molecule has 1 unspecified atom stereocenters. The van der Waals surface area contributed by atoms with Gasteiger partial charge in [0.25, 0.3) is 0 Å². The van der Waals surface area contributed by atoms with Gasteiger partial charge in [-0.3, -0.25) is 0 Å². The van der Waals surface area contributed by atoms with E-state index in [-0.39, 0.29) is 0 Å². The fourth-order valence-corrected chi connectivity index (χ4v) is 0.670. The molecule has 2 radical (unpaired) electrons. The lowest BCUT2D eigenvalue weighted by molar-refractivity contribution is 0.581. The number of hydrogen-bond acceptors (Lipinski definition) is 0. The van der Waals surface area contributed by atoms with Crippen LogP contribution in [0, 0.1) is 19.8 Å². The van der Waals surface area contributed by atoms with E-state index >= 15 is 0 Å². The van der Waals surface area contributed by atoms with E-state index in [4.69, 9.17) is 0 Å². The monoisotopic (exact) mass is 112 g/mol. The van der Waals surface area contributed by atoms with Crippen molar-refractivity contribution in [3.63, 3.8) is 0 Å². The van der Waals surface area contributed by atoms with Crippen LogP contribution in [0.4, 0.5) is 0 Å². The maximum absolute atomic E-state index is 3.89. The van der Waals surface area contributed by atoms with Gasteiger partial charge in [-0.15, -0.1) is 0 Å². The zero-order valence-corrected chi connectivity index (χ0v) is 5.82. The Morgan fingerprint density at radius 3 is 2.38 bits per heavy atom. The van der Waals surface area contributed by atoms with Crippen LogP contribution in [0.15, 0.2) is 0 Å². The van der Waals surface area contributed by atoms with E-state index in [2.05, 4.69) is 20.8 Å². The van der Waals surface area contributed by atoms with Crippen molar-refractivity contribution in [1.29, 1.82) is 0 Å². The first-order valence-corrected chi connectivity index (χ1v) is 3.39. The van der Waals surface area contributed by atoms with E-state index in [0.717, 1.165) is 6.42 Å². The second-order valence-electron chi connectivity index (χ2n) is 2.45. The molecule has 0 amide bonds. The van der Waals surface area contributed by atoms with E-state index in [1.54, 1.807) is 0 Å². The molecule has 0 aromatic heterocycles. The minimum absolute atomic E-state index is 0.626. The van der Waals surface area contributed by atoms with E-state index < -0.39 is 0 Å². The smallest absolute Gasteiger partial charge is 0.0443 e. The second-order valence-corrected chi connectivity index (χ2v) is 2.45. The highest BCUT2D eigenvalue weighted by molar-refractivity contribution is 4.54. The molecule has 0 fully saturated rings. The van der Waals surface area contributed by atoms with Crippen molar-refractivity contribution in [2.75, 3.05) is 0 Å². The first kappa shape index (κ1) is 8.00. The fraction of sp³-hybridized carbons (Fsp3) is 0.750. The fourth-order valence-electron chi connectivity index (χ4n) is 0.670. The summed E-state index contributed by atoms with van der Waals surface area (Å²) < 4.78 is 0. The molecule has 0 aromatic carbocycles. The summed E-state index contributed by atoms with van der Waals surface area (Å²) in [6, 6.07) is 0. The van der Waals surface area contributed by atoms with E-state index in [1.807, 2.05) is 0 Å². The highest BCUT2D eigenvalue weighted by atomic mass is 14.0. The molecule has 0 bridgehead atoms. The van der Waals surface area contributed by atoms with Crippen molar-refractivity contribution in [2.45, 2.75) is 32.6 Å². The van der Waals surface area contributed by atoms with Crippen LogP contribution in [0.3, 0.4) is 0 Å². The molecule has 0 saturated carbocycles. The van der Waals surface area contributed by atoms with Gasteiger partial charge in [0.15, 0.2) is 0 Å². The van der Waals surface area contributed by atoms with Gasteiger partial charge in [0.05, 0.1) is 0 Å². The van der Waals surface area contributed by atoms with Crippen molar-refractivity contribution < 1.29 is 0 Å². The van der Waals surface area contributed by atoms with Gasteiger partial charge in [-0.2, -0.15) is 0 Å². The van der Waals surface area contributed by atoms with Crippen LogP contribution in [0.25, 0.3) is 0 Å². The molecule has 1 atom stereocenters. The lowest BCUT2D eigenvalue weighted by Gasteiger charge is -2.00. The van der Waals surface area contributed by atoms with Crippen LogP contribution in [0.5, 0.6) is 0 Å². The Morgan fingerprint density at radius 1 is 1.38 bits per heavy atom. The number of rotatable bonds is 4. The summed E-state index contributed by atoms with van der Waals surface area (Å²) in [5, 5.41) is 0. The molecule has 0 nitrogen and oxygen atoms in total. The molecule has 0 rings (SSSR count). The van der Waals surface area contributed by atoms with Gasteiger partial charge in [-0.05, 0) is 5.92 Å². The average Bonchev–Trinajstić information content (AvgIpc) is 1.66. The Hall–Kier alpha value is 0. The van der Waals surface area contributed by atoms with Crippen molar-refractivity contribution in [2.24, 2.45) is 5.92 Å². The molecule has 0 saturated heterocycles. The Morgan fingerprint density at radius 2 is 2.00 bits per heavy atom. The third kappa shape index (κ3) is 6.00. The van der Waals surface area contributed by atoms with Gasteiger partial charge >= 0.3 is 0 Å². The highest BCUT2D eigenvalue weighted by Gasteiger charge is 1.90. The van der Waals surface area contributed by atoms with Crippen molar-refractivity contribution in [1.82, 2.24) is 0 Å². The predicted molar refractivity (Wildman–Crippen MR) is 38.3 cm³/mol. The Kier molecular flexibility index (Phi) is 5.14. The van der Waals surface area contributed by atoms with Gasteiger partial charge < -0.3 is 0 Å². The van der Waals surface area contributed by atoms with Gasteiger partial charge in [0.1, 0.15) is 0 Å². The summed E-state index contributed by atoms with van der Waals surface area (Å²) in [4.78, 5) is 0. The minimum Gasteiger partial charge on any atom is -0.0625 e. The van der Waals surface area contributed by atoms with Crippen molar-refractivity contribution >= 4 is 0 Å². The molecule has 0 heterocycles. The summed E-state index contributed by atoms with van der Waals surface area (Å²) in [6.45, 7) is 9.81. The summed E-state index contributed by atoms with van der Waals surface area (Å²) in [6.07, 6.45) is 4.90. The minimum atomic E-state index is 0.626. The molecule has 0 spiro atoms. The molecular formula is C8H16. The maximum atomic E-state index is 3.89. The molecule has 0 N–H and O–H groups in total. The predicted octanol–water partition coefficient (Wildman–Crippen LogP) is 2.85. The van der Waals surface area contributed by atoms with E-state index in [1.165, 1.54) is 19.3 Å². The highest BCUT2D eigenvalue weighted by Crippen LogP contribution is 2.06. The van der Waals surface area contributed by atoms with Gasteiger partial charge in [-0.1, -0.05) is 46.5 Å². The molecule has 8 heavy (non-hydrogen) atoms. The molecule has 0 heteroatoms. The van der Waals surface area contributed by atoms with Gasteiger partial charge in [-0.25, -0.2) is 0 Å². The zero-order chi connectivity index (χ0) is 6.41. The lowest BCUT2D eigenvalue weighted by atomic mass is 10.1. The van der Waals surface area contributed by atoms with Crippen LogP contribution >= 0.6 is 0 Å². The maximum Gasteiger partial charge on any atom is -0.0443 e. The van der Waals surface area contributed by atoms with E-state index in [9.17, 15) is 0 Å². The van der Waals surface area contributed by atoms with Crippen molar-refractivity contribution in [3.05, 3.63) is 13.8 Å². The van der Waals surface area contributed by atoms with Crippen LogP contribution < -0.4 is 0 Å². The molecule has 48 valence electrons. The largest absolute Gasteiger partial charge is 0.0625 e. The molecule has 0 aliphatic rings.